The van der Waals surface area contributed by atoms with Gasteiger partial charge in [0.25, 0.3) is 0 Å². The van der Waals surface area contributed by atoms with E-state index in [2.05, 4.69) is 10.3 Å². The Hall–Kier alpha value is -2.08. The van der Waals surface area contributed by atoms with E-state index in [4.69, 9.17) is 27.9 Å². The fourth-order valence-electron chi connectivity index (χ4n) is 2.26. The standard InChI is InChI=1S/C19H16Cl2N2O2S/c20-13-5-7-15(8-6-13)25-10-9-22-18(24)11-14-12-26-19(23-14)16-3-1-2-4-17(16)21/h1-8,12H,9-11H2,(H,22,24). The van der Waals surface area contributed by atoms with Crippen LogP contribution in [0.2, 0.25) is 10.0 Å². The first kappa shape index (κ1) is 18.7. The lowest BCUT2D eigenvalue weighted by Gasteiger charge is -2.07. The molecule has 0 bridgehead atoms. The summed E-state index contributed by atoms with van der Waals surface area (Å²) in [5.41, 5.74) is 1.60. The van der Waals surface area contributed by atoms with Gasteiger partial charge in [0, 0.05) is 16.0 Å². The monoisotopic (exact) mass is 406 g/mol. The number of hydrogen-bond donors (Lipinski definition) is 1. The van der Waals surface area contributed by atoms with Crippen LogP contribution in [-0.2, 0) is 11.2 Å². The maximum atomic E-state index is 12.0. The molecular formula is C19H16Cl2N2O2S. The number of nitrogens with zero attached hydrogens (tertiary/aromatic N) is 1. The maximum Gasteiger partial charge on any atom is 0.226 e. The summed E-state index contributed by atoms with van der Waals surface area (Å²) in [6.45, 7) is 0.804. The van der Waals surface area contributed by atoms with Crippen LogP contribution in [0.15, 0.2) is 53.9 Å². The van der Waals surface area contributed by atoms with E-state index in [1.807, 2.05) is 29.6 Å². The number of thiazole rings is 1. The number of hydrogen-bond acceptors (Lipinski definition) is 4. The Morgan fingerprint density at radius 2 is 1.88 bits per heavy atom. The molecule has 0 saturated carbocycles. The highest BCUT2D eigenvalue weighted by Crippen LogP contribution is 2.30. The van der Waals surface area contributed by atoms with Gasteiger partial charge in [-0.25, -0.2) is 4.98 Å². The molecule has 0 atom stereocenters. The summed E-state index contributed by atoms with van der Waals surface area (Å²) in [6.07, 6.45) is 0.224. The van der Waals surface area contributed by atoms with Gasteiger partial charge in [-0.05, 0) is 30.3 Å². The van der Waals surface area contributed by atoms with E-state index in [0.717, 1.165) is 16.3 Å². The van der Waals surface area contributed by atoms with Crippen LogP contribution in [0.1, 0.15) is 5.69 Å². The van der Waals surface area contributed by atoms with Gasteiger partial charge in [-0.2, -0.15) is 0 Å². The number of aromatic nitrogens is 1. The molecular weight excluding hydrogens is 391 g/mol. The number of benzene rings is 2. The van der Waals surface area contributed by atoms with Gasteiger partial charge in [-0.3, -0.25) is 4.79 Å². The SMILES string of the molecule is O=C(Cc1csc(-c2ccccc2Cl)n1)NCCOc1ccc(Cl)cc1. The maximum absolute atomic E-state index is 12.0. The van der Waals surface area contributed by atoms with Crippen LogP contribution in [0, 0.1) is 0 Å². The second-order valence-electron chi connectivity index (χ2n) is 5.45. The number of carbonyl (C=O) groups is 1. The average Bonchev–Trinajstić information content (AvgIpc) is 3.09. The normalized spacial score (nSPS) is 10.5. The zero-order chi connectivity index (χ0) is 18.4. The zero-order valence-electron chi connectivity index (χ0n) is 13.7. The second kappa shape index (κ2) is 9.03. The van der Waals surface area contributed by atoms with Gasteiger partial charge in [0.15, 0.2) is 0 Å². The number of carbonyl (C=O) groups excluding carboxylic acids is 1. The van der Waals surface area contributed by atoms with Crippen molar-refractivity contribution in [3.05, 3.63) is 69.7 Å². The van der Waals surface area contributed by atoms with Crippen molar-refractivity contribution in [2.24, 2.45) is 0 Å². The molecule has 0 aliphatic heterocycles. The Kier molecular flexibility index (Phi) is 6.50. The highest BCUT2D eigenvalue weighted by atomic mass is 35.5. The molecule has 26 heavy (non-hydrogen) atoms. The van der Waals surface area contributed by atoms with Crippen LogP contribution < -0.4 is 10.1 Å². The number of rotatable bonds is 7. The summed E-state index contributed by atoms with van der Waals surface area (Å²) in [7, 11) is 0. The van der Waals surface area contributed by atoms with Gasteiger partial charge in [0.2, 0.25) is 5.91 Å². The lowest BCUT2D eigenvalue weighted by Crippen LogP contribution is -2.29. The molecule has 3 aromatic rings. The molecule has 3 rings (SSSR count). The van der Waals surface area contributed by atoms with Gasteiger partial charge in [0.1, 0.15) is 17.4 Å². The molecule has 134 valence electrons. The van der Waals surface area contributed by atoms with E-state index >= 15 is 0 Å². The molecule has 1 N–H and O–H groups in total. The van der Waals surface area contributed by atoms with Crippen molar-refractivity contribution < 1.29 is 9.53 Å². The van der Waals surface area contributed by atoms with Crippen LogP contribution in [-0.4, -0.2) is 24.0 Å². The molecule has 0 spiro atoms. The predicted octanol–water partition coefficient (Wildman–Crippen LogP) is 4.85. The Morgan fingerprint density at radius 1 is 1.12 bits per heavy atom. The molecule has 0 aliphatic rings. The predicted molar refractivity (Wildman–Crippen MR) is 106 cm³/mol. The molecule has 0 radical (unpaired) electrons. The van der Waals surface area contributed by atoms with Crippen LogP contribution >= 0.6 is 34.5 Å². The summed E-state index contributed by atoms with van der Waals surface area (Å²) in [5.74, 6) is 0.619. The lowest BCUT2D eigenvalue weighted by atomic mass is 10.2. The number of nitrogens with one attached hydrogen (secondary N) is 1. The third-order valence-corrected chi connectivity index (χ3v) is 5.01. The molecule has 4 nitrogen and oxygen atoms in total. The first-order valence-corrected chi connectivity index (χ1v) is 9.60. The van der Waals surface area contributed by atoms with Crippen LogP contribution in [0.4, 0.5) is 0 Å². The first-order valence-electron chi connectivity index (χ1n) is 7.96. The minimum Gasteiger partial charge on any atom is -0.492 e. The number of ether oxygens (including phenoxy) is 1. The van der Waals surface area contributed by atoms with Crippen LogP contribution in [0.3, 0.4) is 0 Å². The summed E-state index contributed by atoms with van der Waals surface area (Å²) in [4.78, 5) is 16.5. The van der Waals surface area contributed by atoms with E-state index in [0.29, 0.717) is 28.9 Å². The quantitative estimate of drug-likeness (QED) is 0.570. The van der Waals surface area contributed by atoms with E-state index in [1.165, 1.54) is 11.3 Å². The smallest absolute Gasteiger partial charge is 0.226 e. The van der Waals surface area contributed by atoms with E-state index in [9.17, 15) is 4.79 Å². The first-order chi connectivity index (χ1) is 12.6. The Morgan fingerprint density at radius 3 is 2.65 bits per heavy atom. The van der Waals surface area contributed by atoms with Gasteiger partial charge < -0.3 is 10.1 Å². The van der Waals surface area contributed by atoms with E-state index < -0.39 is 0 Å². The fraction of sp³-hybridized carbons (Fsp3) is 0.158. The van der Waals surface area contributed by atoms with Crippen molar-refractivity contribution in [2.45, 2.75) is 6.42 Å². The van der Waals surface area contributed by atoms with Gasteiger partial charge >= 0.3 is 0 Å². The number of halogens is 2. The molecule has 0 aliphatic carbocycles. The summed E-state index contributed by atoms with van der Waals surface area (Å²) in [6, 6.07) is 14.6. The van der Waals surface area contributed by atoms with E-state index in [1.54, 1.807) is 24.3 Å². The molecule has 0 saturated heterocycles. The van der Waals surface area contributed by atoms with E-state index in [-0.39, 0.29) is 12.3 Å². The summed E-state index contributed by atoms with van der Waals surface area (Å²) < 4.78 is 5.54. The van der Waals surface area contributed by atoms with Crippen molar-refractivity contribution >= 4 is 40.4 Å². The summed E-state index contributed by atoms with van der Waals surface area (Å²) in [5, 5.41) is 6.82. The Bertz CT molecular complexity index is 881. The van der Waals surface area contributed by atoms with Gasteiger partial charge in [-0.15, -0.1) is 11.3 Å². The van der Waals surface area contributed by atoms with Gasteiger partial charge in [0.05, 0.1) is 23.7 Å². The minimum atomic E-state index is -0.0966. The lowest BCUT2D eigenvalue weighted by molar-refractivity contribution is -0.120. The van der Waals surface area contributed by atoms with Crippen molar-refractivity contribution in [3.8, 4) is 16.3 Å². The highest BCUT2D eigenvalue weighted by Gasteiger charge is 2.10. The minimum absolute atomic E-state index is 0.0966. The van der Waals surface area contributed by atoms with Crippen molar-refractivity contribution in [1.82, 2.24) is 10.3 Å². The summed E-state index contributed by atoms with van der Waals surface area (Å²) >= 11 is 13.5. The van der Waals surface area contributed by atoms with Gasteiger partial charge in [-0.1, -0.05) is 41.4 Å². The average molecular weight is 407 g/mol. The van der Waals surface area contributed by atoms with Crippen molar-refractivity contribution in [1.29, 1.82) is 0 Å². The molecule has 1 aromatic heterocycles. The van der Waals surface area contributed by atoms with Crippen LogP contribution in [0.25, 0.3) is 10.6 Å². The van der Waals surface area contributed by atoms with Crippen molar-refractivity contribution in [2.75, 3.05) is 13.2 Å². The zero-order valence-corrected chi connectivity index (χ0v) is 16.1. The molecule has 7 heteroatoms. The molecule has 0 unspecified atom stereocenters. The number of amides is 1. The molecule has 2 aromatic carbocycles. The second-order valence-corrected chi connectivity index (χ2v) is 7.15. The Balaban J connectivity index is 1.45. The fourth-order valence-corrected chi connectivity index (χ4v) is 3.53. The third-order valence-electron chi connectivity index (χ3n) is 3.50. The molecule has 1 amide bonds. The van der Waals surface area contributed by atoms with Crippen LogP contribution in [0.5, 0.6) is 5.75 Å². The third kappa shape index (κ3) is 5.21. The largest absolute Gasteiger partial charge is 0.492 e. The molecule has 1 heterocycles. The topological polar surface area (TPSA) is 51.2 Å². The molecule has 0 fully saturated rings. The highest BCUT2D eigenvalue weighted by molar-refractivity contribution is 7.13. The Labute approximate surface area is 165 Å². The van der Waals surface area contributed by atoms with Crippen molar-refractivity contribution in [3.63, 3.8) is 0 Å².